The fraction of sp³-hybridized carbons (Fsp3) is 0.115. The topological polar surface area (TPSA) is 61.3 Å². The van der Waals surface area contributed by atoms with E-state index in [2.05, 4.69) is 46.7 Å². The van der Waals surface area contributed by atoms with Crippen LogP contribution in [-0.2, 0) is 13.0 Å². The number of anilines is 1. The average Bonchev–Trinajstić information content (AvgIpc) is 3.44. The number of carbonyl (C=O) groups is 1. The van der Waals surface area contributed by atoms with Crippen molar-refractivity contribution in [1.29, 1.82) is 0 Å². The van der Waals surface area contributed by atoms with Crippen molar-refractivity contribution >= 4 is 45.2 Å². The highest BCUT2D eigenvalue weighted by atomic mass is 35.5. The van der Waals surface area contributed by atoms with Gasteiger partial charge in [0, 0.05) is 40.6 Å². The first kappa shape index (κ1) is 19.0. The minimum atomic E-state index is -0.108. The first-order chi connectivity index (χ1) is 15.6. The number of aromatic amines is 1. The maximum absolute atomic E-state index is 12.9. The normalized spacial score (nSPS) is 13.5. The van der Waals surface area contributed by atoms with Crippen LogP contribution in [0.3, 0.4) is 0 Å². The highest BCUT2D eigenvalue weighted by molar-refractivity contribution is 6.31. The number of nitrogens with zero attached hydrogens (tertiary/aromatic N) is 1. The van der Waals surface area contributed by atoms with Crippen LogP contribution in [0.2, 0.25) is 5.02 Å². The third kappa shape index (κ3) is 3.31. The summed E-state index contributed by atoms with van der Waals surface area (Å²) in [4.78, 5) is 18.0. The molecule has 0 saturated heterocycles. The molecule has 0 aliphatic carbocycles. The van der Waals surface area contributed by atoms with Gasteiger partial charge in [-0.25, -0.2) is 4.79 Å². The third-order valence-electron chi connectivity index (χ3n) is 6.18. The first-order valence-electron chi connectivity index (χ1n) is 10.6. The molecule has 5 aromatic rings. The zero-order chi connectivity index (χ0) is 21.7. The van der Waals surface area contributed by atoms with Crippen molar-refractivity contribution in [2.75, 3.05) is 11.9 Å². The molecule has 6 rings (SSSR count). The van der Waals surface area contributed by atoms with Crippen molar-refractivity contribution in [3.63, 3.8) is 0 Å². The lowest BCUT2D eigenvalue weighted by Gasteiger charge is -2.29. The van der Waals surface area contributed by atoms with E-state index < -0.39 is 0 Å². The number of halogens is 1. The van der Waals surface area contributed by atoms with Crippen LogP contribution < -0.4 is 5.32 Å². The van der Waals surface area contributed by atoms with Crippen LogP contribution in [0.5, 0.6) is 0 Å². The van der Waals surface area contributed by atoms with E-state index in [-0.39, 0.29) is 6.03 Å². The lowest BCUT2D eigenvalue weighted by molar-refractivity contribution is 0.206. The summed E-state index contributed by atoms with van der Waals surface area (Å²) in [7, 11) is 0. The van der Waals surface area contributed by atoms with E-state index in [0.29, 0.717) is 18.1 Å². The fourth-order valence-electron chi connectivity index (χ4n) is 4.43. The standard InChI is InChI=1S/C26H20ClN3O2/c27-21-5-6-23-22(13-21)24(14-28-23)29-26(31)30-9-7-19-11-17(3-4-20(19)15-30)18-2-1-16-8-10-32-25(16)12-18/h1-6,8,10-14,28H,7,9,15H2,(H,29,31). The zero-order valence-corrected chi connectivity index (χ0v) is 17.9. The number of fused-ring (bicyclic) bond motifs is 3. The van der Waals surface area contributed by atoms with Gasteiger partial charge in [-0.2, -0.15) is 0 Å². The number of furan rings is 1. The summed E-state index contributed by atoms with van der Waals surface area (Å²) >= 11 is 6.13. The number of nitrogens with one attached hydrogen (secondary N) is 2. The summed E-state index contributed by atoms with van der Waals surface area (Å²) in [5.74, 6) is 0. The van der Waals surface area contributed by atoms with Crippen LogP contribution in [0.25, 0.3) is 33.0 Å². The summed E-state index contributed by atoms with van der Waals surface area (Å²) in [5, 5.41) is 5.68. The molecular weight excluding hydrogens is 422 g/mol. The predicted molar refractivity (Wildman–Crippen MR) is 128 cm³/mol. The Balaban J connectivity index is 1.21. The lowest BCUT2D eigenvalue weighted by atomic mass is 9.94. The molecule has 5 nitrogen and oxygen atoms in total. The average molecular weight is 442 g/mol. The molecule has 0 saturated carbocycles. The second-order valence-corrected chi connectivity index (χ2v) is 8.59. The second-order valence-electron chi connectivity index (χ2n) is 8.15. The van der Waals surface area contributed by atoms with Gasteiger partial charge in [0.05, 0.1) is 12.0 Å². The Morgan fingerprint density at radius 1 is 1.00 bits per heavy atom. The molecule has 1 aliphatic heterocycles. The molecule has 2 amide bonds. The number of urea groups is 1. The van der Waals surface area contributed by atoms with Crippen LogP contribution in [-0.4, -0.2) is 22.5 Å². The number of hydrogen-bond donors (Lipinski definition) is 2. The van der Waals surface area contributed by atoms with Crippen LogP contribution >= 0.6 is 11.6 Å². The molecule has 0 bridgehead atoms. The highest BCUT2D eigenvalue weighted by Gasteiger charge is 2.22. The summed E-state index contributed by atoms with van der Waals surface area (Å²) in [6, 6.07) is 20.2. The molecule has 3 aromatic carbocycles. The van der Waals surface area contributed by atoms with Gasteiger partial charge in [0.25, 0.3) is 0 Å². The molecule has 2 N–H and O–H groups in total. The van der Waals surface area contributed by atoms with Gasteiger partial charge in [-0.1, -0.05) is 41.9 Å². The molecule has 0 radical (unpaired) electrons. The number of carbonyl (C=O) groups excluding carboxylic acids is 1. The van der Waals surface area contributed by atoms with Crippen molar-refractivity contribution in [2.45, 2.75) is 13.0 Å². The molecule has 158 valence electrons. The van der Waals surface area contributed by atoms with E-state index in [1.165, 1.54) is 11.1 Å². The molecule has 2 aromatic heterocycles. The summed E-state index contributed by atoms with van der Waals surface area (Å²) < 4.78 is 5.55. The zero-order valence-electron chi connectivity index (χ0n) is 17.2. The van der Waals surface area contributed by atoms with E-state index >= 15 is 0 Å². The molecule has 0 fully saturated rings. The van der Waals surface area contributed by atoms with E-state index in [9.17, 15) is 4.79 Å². The van der Waals surface area contributed by atoms with Gasteiger partial charge in [0.15, 0.2) is 0 Å². The van der Waals surface area contributed by atoms with Gasteiger partial charge >= 0.3 is 6.03 Å². The number of amides is 2. The van der Waals surface area contributed by atoms with Gasteiger partial charge in [0.1, 0.15) is 5.58 Å². The predicted octanol–water partition coefficient (Wildman–Crippen LogP) is 6.82. The van der Waals surface area contributed by atoms with Crippen molar-refractivity contribution in [3.05, 3.63) is 89.3 Å². The van der Waals surface area contributed by atoms with Crippen molar-refractivity contribution < 1.29 is 9.21 Å². The minimum Gasteiger partial charge on any atom is -0.464 e. The van der Waals surface area contributed by atoms with Crippen LogP contribution in [0.15, 0.2) is 77.5 Å². The molecule has 6 heteroatoms. The van der Waals surface area contributed by atoms with Crippen molar-refractivity contribution in [3.8, 4) is 11.1 Å². The molecule has 3 heterocycles. The quantitative estimate of drug-likeness (QED) is 0.315. The van der Waals surface area contributed by atoms with Gasteiger partial charge in [-0.05, 0) is 59.0 Å². The Morgan fingerprint density at radius 3 is 2.81 bits per heavy atom. The van der Waals surface area contributed by atoms with Gasteiger partial charge in [-0.15, -0.1) is 0 Å². The fourth-order valence-corrected chi connectivity index (χ4v) is 4.60. The summed E-state index contributed by atoms with van der Waals surface area (Å²) in [6.45, 7) is 1.25. The van der Waals surface area contributed by atoms with E-state index in [4.69, 9.17) is 16.0 Å². The SMILES string of the molecule is O=C(Nc1c[nH]c2ccc(Cl)cc12)N1CCc2cc(-c3ccc4ccoc4c3)ccc2C1. The maximum atomic E-state index is 12.9. The minimum absolute atomic E-state index is 0.108. The van der Waals surface area contributed by atoms with Gasteiger partial charge < -0.3 is 19.6 Å². The Labute approximate surface area is 189 Å². The van der Waals surface area contributed by atoms with E-state index in [0.717, 1.165) is 45.1 Å². The van der Waals surface area contributed by atoms with Crippen molar-refractivity contribution in [1.82, 2.24) is 9.88 Å². The van der Waals surface area contributed by atoms with Crippen molar-refractivity contribution in [2.24, 2.45) is 0 Å². The monoisotopic (exact) mass is 441 g/mol. The molecule has 0 unspecified atom stereocenters. The number of H-pyrrole nitrogens is 1. The Kier molecular flexibility index (Phi) is 4.44. The number of aromatic nitrogens is 1. The van der Waals surface area contributed by atoms with E-state index in [1.54, 1.807) is 12.5 Å². The number of hydrogen-bond acceptors (Lipinski definition) is 2. The molecule has 0 spiro atoms. The largest absolute Gasteiger partial charge is 0.464 e. The molecule has 0 atom stereocenters. The van der Waals surface area contributed by atoms with Crippen LogP contribution in [0.1, 0.15) is 11.1 Å². The van der Waals surface area contributed by atoms with Gasteiger partial charge in [-0.3, -0.25) is 0 Å². The second kappa shape index (κ2) is 7.46. The first-order valence-corrected chi connectivity index (χ1v) is 10.9. The molecular formula is C26H20ClN3O2. The van der Waals surface area contributed by atoms with Gasteiger partial charge in [0.2, 0.25) is 0 Å². The Hall–Kier alpha value is -3.70. The molecule has 32 heavy (non-hydrogen) atoms. The number of rotatable bonds is 2. The Bertz CT molecular complexity index is 1480. The summed E-state index contributed by atoms with van der Waals surface area (Å²) in [6.07, 6.45) is 4.34. The van der Waals surface area contributed by atoms with Crippen LogP contribution in [0.4, 0.5) is 10.5 Å². The summed E-state index contributed by atoms with van der Waals surface area (Å²) in [5.41, 5.74) is 7.32. The number of benzene rings is 3. The Morgan fingerprint density at radius 2 is 1.88 bits per heavy atom. The smallest absolute Gasteiger partial charge is 0.322 e. The third-order valence-corrected chi connectivity index (χ3v) is 6.42. The van der Waals surface area contributed by atoms with E-state index in [1.807, 2.05) is 29.2 Å². The maximum Gasteiger partial charge on any atom is 0.322 e. The molecule has 1 aliphatic rings. The lowest BCUT2D eigenvalue weighted by Crippen LogP contribution is -2.38. The van der Waals surface area contributed by atoms with Crippen LogP contribution in [0, 0.1) is 0 Å². The highest BCUT2D eigenvalue weighted by Crippen LogP contribution is 2.30.